The molecule has 1 atom stereocenters. The molecule has 0 aromatic carbocycles. The van der Waals surface area contributed by atoms with Crippen LogP contribution in [-0.4, -0.2) is 46.3 Å². The van der Waals surface area contributed by atoms with Crippen LogP contribution in [0, 0.1) is 22.7 Å². The van der Waals surface area contributed by atoms with E-state index in [2.05, 4.69) is 21.4 Å². The second kappa shape index (κ2) is 7.34. The molecule has 0 unspecified atom stereocenters. The summed E-state index contributed by atoms with van der Waals surface area (Å²) in [5.41, 5.74) is 0.407. The first kappa shape index (κ1) is 19.5. The molecule has 2 saturated carbocycles. The Morgan fingerprint density at radius 3 is 2.68 bits per heavy atom. The minimum absolute atomic E-state index is 0.0224. The van der Waals surface area contributed by atoms with Crippen molar-refractivity contribution in [2.24, 2.45) is 11.3 Å². The minimum atomic E-state index is -0.867. The number of nitriles is 1. The summed E-state index contributed by atoms with van der Waals surface area (Å²) in [7, 11) is 1.82. The Kier molecular flexibility index (Phi) is 4.62. The number of pyridine rings is 2. The minimum Gasteiger partial charge on any atom is -0.339 e. The van der Waals surface area contributed by atoms with E-state index in [1.54, 1.807) is 46.5 Å². The highest BCUT2D eigenvalue weighted by Gasteiger charge is 2.56. The second-order valence-electron chi connectivity index (χ2n) is 8.67. The standard InChI is InChI=1S/C23H24N6O2/c1-28(17-5-6-17)21(30)15-2-7-19(26-13-15)27-20-12-18(8-10-25-20)29-11-9-23(14-24,22(29)31)16-3-4-16/h2,7-8,10,12-13,16-17H,3-6,9,11H2,1H3,(H,25,26,27)/t23-/m1/s1. The molecule has 0 radical (unpaired) electrons. The Hall–Kier alpha value is -3.47. The maximum absolute atomic E-state index is 13.0. The summed E-state index contributed by atoms with van der Waals surface area (Å²) >= 11 is 0. The second-order valence-corrected chi connectivity index (χ2v) is 8.67. The van der Waals surface area contributed by atoms with E-state index in [1.165, 1.54) is 0 Å². The molecule has 1 aliphatic heterocycles. The largest absolute Gasteiger partial charge is 0.339 e. The summed E-state index contributed by atoms with van der Waals surface area (Å²) in [4.78, 5) is 37.6. The van der Waals surface area contributed by atoms with Gasteiger partial charge in [-0.05, 0) is 56.2 Å². The fourth-order valence-electron chi connectivity index (χ4n) is 4.35. The van der Waals surface area contributed by atoms with Gasteiger partial charge in [0, 0.05) is 43.8 Å². The number of nitrogens with one attached hydrogen (secondary N) is 1. The number of carbonyl (C=O) groups is 2. The molecule has 1 saturated heterocycles. The zero-order valence-electron chi connectivity index (χ0n) is 17.4. The Bertz CT molecular complexity index is 1070. The molecule has 2 aliphatic carbocycles. The first-order valence-electron chi connectivity index (χ1n) is 10.7. The molecule has 5 rings (SSSR count). The van der Waals surface area contributed by atoms with E-state index in [4.69, 9.17) is 0 Å². The zero-order chi connectivity index (χ0) is 21.6. The van der Waals surface area contributed by atoms with E-state index in [1.807, 2.05) is 7.05 Å². The van der Waals surface area contributed by atoms with Crippen LogP contribution in [0.3, 0.4) is 0 Å². The number of hydrogen-bond acceptors (Lipinski definition) is 6. The Balaban J connectivity index is 1.29. The summed E-state index contributed by atoms with van der Waals surface area (Å²) < 4.78 is 0. The topological polar surface area (TPSA) is 102 Å². The predicted molar refractivity (Wildman–Crippen MR) is 115 cm³/mol. The fourth-order valence-corrected chi connectivity index (χ4v) is 4.35. The number of rotatable bonds is 6. The lowest BCUT2D eigenvalue weighted by molar-refractivity contribution is -0.123. The molecule has 2 aromatic rings. The van der Waals surface area contributed by atoms with Crippen molar-refractivity contribution in [2.75, 3.05) is 23.8 Å². The number of hydrogen-bond donors (Lipinski definition) is 1. The zero-order valence-corrected chi connectivity index (χ0v) is 17.4. The molecule has 8 nitrogen and oxygen atoms in total. The average molecular weight is 416 g/mol. The predicted octanol–water partition coefficient (Wildman–Crippen LogP) is 3.11. The lowest BCUT2D eigenvalue weighted by Gasteiger charge is -2.21. The van der Waals surface area contributed by atoms with E-state index >= 15 is 0 Å². The highest BCUT2D eigenvalue weighted by Crippen LogP contribution is 2.51. The van der Waals surface area contributed by atoms with Crippen molar-refractivity contribution in [2.45, 2.75) is 38.1 Å². The number of carbonyl (C=O) groups excluding carboxylic acids is 2. The van der Waals surface area contributed by atoms with Crippen LogP contribution in [0.2, 0.25) is 0 Å². The fraction of sp³-hybridized carbons (Fsp3) is 0.435. The lowest BCUT2D eigenvalue weighted by Crippen LogP contribution is -2.35. The van der Waals surface area contributed by atoms with Gasteiger partial charge in [-0.3, -0.25) is 9.59 Å². The van der Waals surface area contributed by atoms with Crippen LogP contribution in [0.15, 0.2) is 36.7 Å². The van der Waals surface area contributed by atoms with Gasteiger partial charge < -0.3 is 15.1 Å². The number of anilines is 3. The van der Waals surface area contributed by atoms with Gasteiger partial charge in [0.1, 0.15) is 17.1 Å². The lowest BCUT2D eigenvalue weighted by atomic mass is 9.83. The third-order valence-electron chi connectivity index (χ3n) is 6.57. The Morgan fingerprint density at radius 1 is 1.23 bits per heavy atom. The van der Waals surface area contributed by atoms with Gasteiger partial charge in [-0.15, -0.1) is 0 Å². The summed E-state index contributed by atoms with van der Waals surface area (Å²) in [5, 5.41) is 12.8. The maximum Gasteiger partial charge on any atom is 0.255 e. The molecule has 1 N–H and O–H groups in total. The van der Waals surface area contributed by atoms with Crippen LogP contribution in [-0.2, 0) is 4.79 Å². The van der Waals surface area contributed by atoms with Crippen molar-refractivity contribution in [1.29, 1.82) is 5.26 Å². The quantitative estimate of drug-likeness (QED) is 0.776. The van der Waals surface area contributed by atoms with Crippen molar-refractivity contribution >= 4 is 29.1 Å². The van der Waals surface area contributed by atoms with Gasteiger partial charge in [0.2, 0.25) is 5.91 Å². The van der Waals surface area contributed by atoms with E-state index < -0.39 is 5.41 Å². The summed E-state index contributed by atoms with van der Waals surface area (Å²) in [6, 6.07) is 9.74. The van der Waals surface area contributed by atoms with E-state index in [9.17, 15) is 14.9 Å². The van der Waals surface area contributed by atoms with Gasteiger partial charge >= 0.3 is 0 Å². The SMILES string of the molecule is CN(C(=O)c1ccc(Nc2cc(N3CC[C@@](C#N)(C4CC4)C3=O)ccn2)nc1)C1CC1. The number of amides is 2. The molecule has 3 fully saturated rings. The molecular weight excluding hydrogens is 392 g/mol. The van der Waals surface area contributed by atoms with Crippen molar-refractivity contribution in [1.82, 2.24) is 14.9 Å². The van der Waals surface area contributed by atoms with Gasteiger partial charge in [-0.1, -0.05) is 0 Å². The molecule has 3 aliphatic rings. The Labute approximate surface area is 180 Å². The van der Waals surface area contributed by atoms with Crippen LogP contribution in [0.1, 0.15) is 42.5 Å². The van der Waals surface area contributed by atoms with E-state index in [-0.39, 0.29) is 17.7 Å². The third kappa shape index (κ3) is 3.50. The van der Waals surface area contributed by atoms with E-state index in [0.29, 0.717) is 36.2 Å². The third-order valence-corrected chi connectivity index (χ3v) is 6.57. The highest BCUT2D eigenvalue weighted by atomic mass is 16.2. The van der Waals surface area contributed by atoms with Gasteiger partial charge in [0.25, 0.3) is 5.91 Å². The molecule has 2 amide bonds. The van der Waals surface area contributed by atoms with Crippen LogP contribution < -0.4 is 10.2 Å². The van der Waals surface area contributed by atoms with Crippen molar-refractivity contribution in [3.63, 3.8) is 0 Å². The van der Waals surface area contributed by atoms with Gasteiger partial charge in [0.15, 0.2) is 0 Å². The van der Waals surface area contributed by atoms with Crippen LogP contribution >= 0.6 is 0 Å². The first-order valence-corrected chi connectivity index (χ1v) is 10.7. The molecule has 158 valence electrons. The molecular formula is C23H24N6O2. The van der Waals surface area contributed by atoms with E-state index in [0.717, 1.165) is 31.4 Å². The molecule has 0 spiro atoms. The number of aromatic nitrogens is 2. The van der Waals surface area contributed by atoms with Gasteiger partial charge in [-0.2, -0.15) is 5.26 Å². The van der Waals surface area contributed by atoms with Crippen LogP contribution in [0.5, 0.6) is 0 Å². The van der Waals surface area contributed by atoms with Crippen molar-refractivity contribution < 1.29 is 9.59 Å². The monoisotopic (exact) mass is 416 g/mol. The smallest absolute Gasteiger partial charge is 0.255 e. The van der Waals surface area contributed by atoms with Crippen molar-refractivity contribution in [3.05, 3.63) is 42.2 Å². The molecule has 2 aromatic heterocycles. The number of nitrogens with zero attached hydrogens (tertiary/aromatic N) is 5. The van der Waals surface area contributed by atoms with Gasteiger partial charge in [-0.25, -0.2) is 9.97 Å². The van der Waals surface area contributed by atoms with Crippen molar-refractivity contribution in [3.8, 4) is 6.07 Å². The normalized spacial score (nSPS) is 22.8. The summed E-state index contributed by atoms with van der Waals surface area (Å²) in [6.07, 6.45) is 7.81. The summed E-state index contributed by atoms with van der Waals surface area (Å²) in [5.74, 6) is 1.18. The van der Waals surface area contributed by atoms with Crippen LogP contribution in [0.25, 0.3) is 0 Å². The summed E-state index contributed by atoms with van der Waals surface area (Å²) in [6.45, 7) is 0.538. The Morgan fingerprint density at radius 2 is 2.03 bits per heavy atom. The van der Waals surface area contributed by atoms with Gasteiger partial charge in [0.05, 0.1) is 11.6 Å². The van der Waals surface area contributed by atoms with Crippen LogP contribution in [0.4, 0.5) is 17.3 Å². The maximum atomic E-state index is 13.0. The average Bonchev–Trinajstić information content (AvgIpc) is 3.71. The molecule has 0 bridgehead atoms. The molecule has 31 heavy (non-hydrogen) atoms. The highest BCUT2D eigenvalue weighted by molar-refractivity contribution is 6.02. The molecule has 8 heteroatoms. The first-order chi connectivity index (χ1) is 15.0. The molecule has 3 heterocycles.